The zero-order chi connectivity index (χ0) is 26.5. The van der Waals surface area contributed by atoms with Crippen LogP contribution in [0.25, 0.3) is 11.0 Å². The first-order chi connectivity index (χ1) is 18.1. The first-order valence-corrected chi connectivity index (χ1v) is 13.9. The molecule has 0 aliphatic rings. The highest BCUT2D eigenvalue weighted by molar-refractivity contribution is 6.19. The lowest BCUT2D eigenvalue weighted by Crippen LogP contribution is -2.40. The van der Waals surface area contributed by atoms with Crippen LogP contribution in [-0.2, 0) is 0 Å². The fourth-order valence-electron chi connectivity index (χ4n) is 4.17. The minimum Gasteiger partial charge on any atom is -0.494 e. The molecule has 2 aromatic carbocycles. The van der Waals surface area contributed by atoms with Gasteiger partial charge in [-0.1, -0.05) is 40.0 Å². The average molecular weight is 509 g/mol. The number of fused-ring (bicyclic) bond motifs is 1. The van der Waals surface area contributed by atoms with Gasteiger partial charge in [0.2, 0.25) is 5.88 Å². The fourth-order valence-corrected chi connectivity index (χ4v) is 4.17. The molecule has 7 nitrogen and oxygen atoms in total. The number of nitrogens with zero attached hydrogens (tertiary/aromatic N) is 1. The van der Waals surface area contributed by atoms with E-state index in [1.165, 1.54) is 25.7 Å². The summed E-state index contributed by atoms with van der Waals surface area (Å²) in [7, 11) is 0. The van der Waals surface area contributed by atoms with Gasteiger partial charge in [0, 0.05) is 42.8 Å². The van der Waals surface area contributed by atoms with Crippen LogP contribution in [0.5, 0.6) is 5.75 Å². The normalized spacial score (nSPS) is 11.4. The molecule has 0 aliphatic heterocycles. The maximum absolute atomic E-state index is 13.5. The van der Waals surface area contributed by atoms with Crippen molar-refractivity contribution in [3.05, 3.63) is 53.6 Å². The molecule has 1 aromatic heterocycles. The number of ketones is 1. The second-order valence-electron chi connectivity index (χ2n) is 9.50. The van der Waals surface area contributed by atoms with Crippen LogP contribution in [0.15, 0.2) is 46.9 Å². The Kier molecular flexibility index (Phi) is 11.8. The maximum atomic E-state index is 13.5. The van der Waals surface area contributed by atoms with Gasteiger partial charge in [-0.05, 0) is 68.1 Å². The molecule has 0 bridgehead atoms. The smallest absolute Gasteiger partial charge is 0.205 e. The SMILES string of the molecule is CCCCNc1oc2ccc(N)cc2c1C(=O)c1ccc(OCCCN(CCCC)NCCCC)cc1. The summed E-state index contributed by atoms with van der Waals surface area (Å²) in [5.41, 5.74) is 11.9. The van der Waals surface area contributed by atoms with Crippen molar-refractivity contribution in [3.63, 3.8) is 0 Å². The van der Waals surface area contributed by atoms with Gasteiger partial charge in [-0.15, -0.1) is 0 Å². The zero-order valence-electron chi connectivity index (χ0n) is 22.8. The number of hydrogen-bond donors (Lipinski definition) is 3. The van der Waals surface area contributed by atoms with Crippen molar-refractivity contribution in [2.24, 2.45) is 0 Å². The molecular formula is C30H44N4O3. The Morgan fingerprint density at radius 3 is 2.35 bits per heavy atom. The number of nitrogen functional groups attached to an aromatic ring is 1. The average Bonchev–Trinajstić information content (AvgIpc) is 3.26. The number of anilines is 2. The van der Waals surface area contributed by atoms with Crippen LogP contribution in [0.3, 0.4) is 0 Å². The molecule has 0 radical (unpaired) electrons. The summed E-state index contributed by atoms with van der Waals surface area (Å²) in [6, 6.07) is 12.8. The topological polar surface area (TPSA) is 92.8 Å². The third-order valence-electron chi connectivity index (χ3n) is 6.36. The monoisotopic (exact) mass is 508 g/mol. The van der Waals surface area contributed by atoms with Gasteiger partial charge in [-0.3, -0.25) is 10.2 Å². The second-order valence-corrected chi connectivity index (χ2v) is 9.50. The molecule has 0 saturated heterocycles. The molecule has 0 fully saturated rings. The Morgan fingerprint density at radius 1 is 0.919 bits per heavy atom. The number of benzene rings is 2. The molecule has 0 atom stereocenters. The van der Waals surface area contributed by atoms with Crippen LogP contribution in [-0.4, -0.2) is 43.6 Å². The summed E-state index contributed by atoms with van der Waals surface area (Å²) in [5, 5.41) is 6.34. The van der Waals surface area contributed by atoms with E-state index in [1.807, 2.05) is 30.3 Å². The van der Waals surface area contributed by atoms with Gasteiger partial charge in [-0.25, -0.2) is 5.01 Å². The van der Waals surface area contributed by atoms with E-state index in [2.05, 4.69) is 36.5 Å². The van der Waals surface area contributed by atoms with Gasteiger partial charge in [0.25, 0.3) is 0 Å². The van der Waals surface area contributed by atoms with E-state index in [0.29, 0.717) is 34.9 Å². The lowest BCUT2D eigenvalue weighted by Gasteiger charge is -2.23. The van der Waals surface area contributed by atoms with Gasteiger partial charge >= 0.3 is 0 Å². The van der Waals surface area contributed by atoms with Crippen LogP contribution in [0.1, 0.15) is 81.6 Å². The Morgan fingerprint density at radius 2 is 1.62 bits per heavy atom. The van der Waals surface area contributed by atoms with E-state index in [9.17, 15) is 4.79 Å². The number of carbonyl (C=O) groups excluding carboxylic acids is 1. The minimum atomic E-state index is -0.0976. The molecular weight excluding hydrogens is 464 g/mol. The van der Waals surface area contributed by atoms with Crippen molar-refractivity contribution in [1.29, 1.82) is 0 Å². The number of carbonyl (C=O) groups is 1. The summed E-state index contributed by atoms with van der Waals surface area (Å²) in [6.45, 7) is 10.9. The largest absolute Gasteiger partial charge is 0.494 e. The molecule has 0 saturated carbocycles. The lowest BCUT2D eigenvalue weighted by atomic mass is 10.0. The Bertz CT molecular complexity index is 1090. The molecule has 0 amide bonds. The number of hydrazine groups is 1. The molecule has 202 valence electrons. The number of ether oxygens (including phenoxy) is 1. The molecule has 0 aliphatic carbocycles. The van der Waals surface area contributed by atoms with Gasteiger partial charge in [0.1, 0.15) is 11.3 Å². The first kappa shape index (κ1) is 28.5. The van der Waals surface area contributed by atoms with Gasteiger partial charge < -0.3 is 20.2 Å². The summed E-state index contributed by atoms with van der Waals surface area (Å²) in [4.78, 5) is 13.5. The maximum Gasteiger partial charge on any atom is 0.205 e. The fraction of sp³-hybridized carbons (Fsp3) is 0.500. The van der Waals surface area contributed by atoms with E-state index in [1.54, 1.807) is 12.1 Å². The number of hydrogen-bond acceptors (Lipinski definition) is 7. The molecule has 4 N–H and O–H groups in total. The van der Waals surface area contributed by atoms with Crippen LogP contribution >= 0.6 is 0 Å². The lowest BCUT2D eigenvalue weighted by molar-refractivity contribution is 0.104. The predicted octanol–water partition coefficient (Wildman–Crippen LogP) is 6.63. The highest BCUT2D eigenvalue weighted by Gasteiger charge is 2.22. The second kappa shape index (κ2) is 15.3. The molecule has 3 rings (SSSR count). The van der Waals surface area contributed by atoms with E-state index in [4.69, 9.17) is 14.9 Å². The number of unbranched alkanes of at least 4 members (excludes halogenated alkanes) is 3. The van der Waals surface area contributed by atoms with Crippen LogP contribution < -0.4 is 21.2 Å². The van der Waals surface area contributed by atoms with E-state index < -0.39 is 0 Å². The summed E-state index contributed by atoms with van der Waals surface area (Å²) in [6.07, 6.45) is 7.72. The van der Waals surface area contributed by atoms with Crippen LogP contribution in [0.2, 0.25) is 0 Å². The summed E-state index contributed by atoms with van der Waals surface area (Å²) >= 11 is 0. The van der Waals surface area contributed by atoms with Crippen molar-refractivity contribution in [2.45, 2.75) is 65.7 Å². The number of furan rings is 1. The van der Waals surface area contributed by atoms with E-state index in [-0.39, 0.29) is 5.78 Å². The molecule has 0 unspecified atom stereocenters. The van der Waals surface area contributed by atoms with Gasteiger partial charge in [0.05, 0.1) is 12.2 Å². The summed E-state index contributed by atoms with van der Waals surface area (Å²) < 4.78 is 12.0. The van der Waals surface area contributed by atoms with Crippen molar-refractivity contribution < 1.29 is 13.9 Å². The summed E-state index contributed by atoms with van der Waals surface area (Å²) in [5.74, 6) is 1.16. The van der Waals surface area contributed by atoms with Crippen molar-refractivity contribution in [1.82, 2.24) is 10.4 Å². The first-order valence-electron chi connectivity index (χ1n) is 13.9. The number of nitrogens with two attached hydrogens (primary N) is 1. The van der Waals surface area contributed by atoms with E-state index >= 15 is 0 Å². The Labute approximate surface area is 221 Å². The molecule has 0 spiro atoms. The Balaban J connectivity index is 1.61. The quantitative estimate of drug-likeness (QED) is 0.0768. The van der Waals surface area contributed by atoms with Gasteiger partial charge in [0.15, 0.2) is 5.78 Å². The third-order valence-corrected chi connectivity index (χ3v) is 6.36. The van der Waals surface area contributed by atoms with Gasteiger partial charge in [-0.2, -0.15) is 0 Å². The van der Waals surface area contributed by atoms with Crippen LogP contribution in [0, 0.1) is 0 Å². The van der Waals surface area contributed by atoms with Crippen LogP contribution in [0.4, 0.5) is 11.6 Å². The zero-order valence-corrected chi connectivity index (χ0v) is 22.8. The molecule has 1 heterocycles. The predicted molar refractivity (Wildman–Crippen MR) is 153 cm³/mol. The highest BCUT2D eigenvalue weighted by atomic mass is 16.5. The molecule has 3 aromatic rings. The van der Waals surface area contributed by atoms with Crippen molar-refractivity contribution in [2.75, 3.05) is 43.8 Å². The third kappa shape index (κ3) is 8.51. The number of rotatable bonds is 18. The molecule has 37 heavy (non-hydrogen) atoms. The standard InChI is InChI=1S/C30H44N4O3/c1-4-7-17-32-30-28(26-22-24(31)13-16-27(26)37-30)29(35)23-11-14-25(15-12-23)36-21-10-20-34(19-9-6-3)33-18-8-5-2/h11-16,22,32-33H,4-10,17-21,31H2,1-3H3. The van der Waals surface area contributed by atoms with Crippen molar-refractivity contribution >= 4 is 28.3 Å². The molecule has 7 heteroatoms. The van der Waals surface area contributed by atoms with E-state index in [0.717, 1.165) is 56.6 Å². The Hall–Kier alpha value is -3.03. The number of nitrogens with one attached hydrogen (secondary N) is 2. The minimum absolute atomic E-state index is 0.0976. The highest BCUT2D eigenvalue weighted by Crippen LogP contribution is 2.33. The van der Waals surface area contributed by atoms with Crippen molar-refractivity contribution in [3.8, 4) is 5.75 Å².